The van der Waals surface area contributed by atoms with Crippen molar-refractivity contribution >= 4 is 41.7 Å². The maximum absolute atomic E-state index is 5.02. The predicted octanol–water partition coefficient (Wildman–Crippen LogP) is 2.61. The number of fused-ring (bicyclic) bond motifs is 2. The van der Waals surface area contributed by atoms with Crippen molar-refractivity contribution in [3.8, 4) is 0 Å². The summed E-state index contributed by atoms with van der Waals surface area (Å²) in [4.78, 5) is 10.0. The van der Waals surface area contributed by atoms with Gasteiger partial charge in [-0.15, -0.1) is 24.0 Å². The molecule has 0 amide bonds. The average molecular weight is 496 g/mol. The number of thioether (sulfide) groups is 1. The lowest BCUT2D eigenvalue weighted by molar-refractivity contribution is 0.0526. The van der Waals surface area contributed by atoms with E-state index >= 15 is 0 Å². The molecule has 2 N–H and O–H groups in total. The first-order valence-electron chi connectivity index (χ1n) is 10.1. The third-order valence-corrected chi connectivity index (χ3v) is 7.82. The van der Waals surface area contributed by atoms with Crippen LogP contribution in [0.2, 0.25) is 0 Å². The highest BCUT2D eigenvalue weighted by Gasteiger charge is 2.38. The third-order valence-electron chi connectivity index (χ3n) is 6.59. The van der Waals surface area contributed by atoms with Crippen LogP contribution in [0.3, 0.4) is 0 Å². The van der Waals surface area contributed by atoms with Gasteiger partial charge in [0.2, 0.25) is 0 Å². The number of hydrogen-bond donors (Lipinski definition) is 2. The molecule has 0 radical (unpaired) electrons. The Morgan fingerprint density at radius 1 is 1.27 bits per heavy atom. The zero-order valence-corrected chi connectivity index (χ0v) is 20.1. The summed E-state index contributed by atoms with van der Waals surface area (Å²) in [6, 6.07) is 2.08. The van der Waals surface area contributed by atoms with E-state index in [1.54, 1.807) is 0 Å². The fourth-order valence-corrected chi connectivity index (χ4v) is 6.23. The van der Waals surface area contributed by atoms with E-state index in [1.165, 1.54) is 50.0 Å². The number of likely N-dealkylation sites (N-methyl/N-ethyl adjacent to an activating group) is 1. The van der Waals surface area contributed by atoms with Gasteiger partial charge in [-0.1, -0.05) is 6.42 Å². The molecule has 0 aliphatic carbocycles. The number of halogens is 1. The van der Waals surface area contributed by atoms with Crippen LogP contribution in [0.1, 0.15) is 45.4 Å². The van der Waals surface area contributed by atoms with Gasteiger partial charge in [0.05, 0.1) is 6.54 Å². The van der Waals surface area contributed by atoms with Gasteiger partial charge in [0.25, 0.3) is 0 Å². The first-order valence-corrected chi connectivity index (χ1v) is 11.2. The molecule has 3 heterocycles. The van der Waals surface area contributed by atoms with Gasteiger partial charge in [-0.05, 0) is 65.9 Å². The van der Waals surface area contributed by atoms with Gasteiger partial charge in [0, 0.05) is 36.0 Å². The number of guanidine groups is 1. The van der Waals surface area contributed by atoms with Crippen LogP contribution >= 0.6 is 35.7 Å². The molecule has 0 aromatic heterocycles. The van der Waals surface area contributed by atoms with E-state index in [4.69, 9.17) is 4.99 Å². The van der Waals surface area contributed by atoms with Crippen molar-refractivity contribution in [3.05, 3.63) is 0 Å². The molecular weight excluding hydrogens is 457 g/mol. The molecule has 26 heavy (non-hydrogen) atoms. The predicted molar refractivity (Wildman–Crippen MR) is 125 cm³/mol. The van der Waals surface area contributed by atoms with Gasteiger partial charge in [-0.2, -0.15) is 11.8 Å². The molecule has 3 aliphatic rings. The second-order valence-corrected chi connectivity index (χ2v) is 9.44. The fourth-order valence-electron chi connectivity index (χ4n) is 4.69. The SMILES string of the molecule is CCNC(=NCC1(N(C)C)CCSC1)NC1CC2CCCC(C1)N2C.I. The van der Waals surface area contributed by atoms with Crippen LogP contribution in [-0.4, -0.2) is 85.2 Å². The van der Waals surface area contributed by atoms with E-state index in [1.807, 2.05) is 0 Å². The number of piperidine rings is 2. The number of aliphatic imine (C=N–C) groups is 1. The van der Waals surface area contributed by atoms with E-state index in [9.17, 15) is 0 Å². The van der Waals surface area contributed by atoms with Crippen LogP contribution in [0.25, 0.3) is 0 Å². The summed E-state index contributed by atoms with van der Waals surface area (Å²) in [7, 11) is 6.74. The number of rotatable bonds is 5. The molecule has 0 aromatic carbocycles. The van der Waals surface area contributed by atoms with Crippen molar-refractivity contribution in [1.82, 2.24) is 20.4 Å². The van der Waals surface area contributed by atoms with Crippen molar-refractivity contribution in [3.63, 3.8) is 0 Å². The molecule has 3 saturated heterocycles. The molecule has 3 rings (SSSR count). The Balaban J connectivity index is 0.00000243. The summed E-state index contributed by atoms with van der Waals surface area (Å²) in [5.74, 6) is 3.48. The second-order valence-electron chi connectivity index (χ2n) is 8.33. The van der Waals surface area contributed by atoms with Crippen LogP contribution in [0, 0.1) is 0 Å². The van der Waals surface area contributed by atoms with Gasteiger partial charge in [0.15, 0.2) is 5.96 Å². The largest absolute Gasteiger partial charge is 0.357 e. The van der Waals surface area contributed by atoms with E-state index in [-0.39, 0.29) is 29.5 Å². The minimum Gasteiger partial charge on any atom is -0.357 e. The zero-order valence-electron chi connectivity index (χ0n) is 17.0. The Hall–Kier alpha value is 0.270. The Bertz CT molecular complexity index is 453. The lowest BCUT2D eigenvalue weighted by atomic mass is 9.82. The van der Waals surface area contributed by atoms with E-state index in [0.29, 0.717) is 6.04 Å². The maximum Gasteiger partial charge on any atom is 0.191 e. The highest BCUT2D eigenvalue weighted by atomic mass is 127. The van der Waals surface area contributed by atoms with Gasteiger partial charge in [-0.3, -0.25) is 4.99 Å². The normalized spacial score (nSPS) is 35.3. The first-order chi connectivity index (χ1) is 12.0. The minimum absolute atomic E-state index is 0. The van der Waals surface area contributed by atoms with E-state index in [0.717, 1.165) is 31.1 Å². The molecule has 152 valence electrons. The number of nitrogens with one attached hydrogen (secondary N) is 2. The first kappa shape index (κ1) is 22.6. The van der Waals surface area contributed by atoms with Gasteiger partial charge >= 0.3 is 0 Å². The summed E-state index contributed by atoms with van der Waals surface area (Å²) in [6.45, 7) is 3.98. The number of hydrogen-bond acceptors (Lipinski definition) is 4. The summed E-state index contributed by atoms with van der Waals surface area (Å²) in [5.41, 5.74) is 0.232. The van der Waals surface area contributed by atoms with Crippen molar-refractivity contribution in [2.75, 3.05) is 45.7 Å². The van der Waals surface area contributed by atoms with E-state index in [2.05, 4.69) is 60.3 Å². The van der Waals surface area contributed by atoms with Gasteiger partial charge in [-0.25, -0.2) is 0 Å². The third kappa shape index (κ3) is 5.20. The highest BCUT2D eigenvalue weighted by Crippen LogP contribution is 2.33. The van der Waals surface area contributed by atoms with Crippen molar-refractivity contribution in [2.45, 2.75) is 69.1 Å². The van der Waals surface area contributed by atoms with Crippen LogP contribution in [0.5, 0.6) is 0 Å². The molecule has 2 bridgehead atoms. The van der Waals surface area contributed by atoms with Crippen LogP contribution < -0.4 is 10.6 Å². The quantitative estimate of drug-likeness (QED) is 0.349. The molecule has 3 unspecified atom stereocenters. The summed E-state index contributed by atoms with van der Waals surface area (Å²) < 4.78 is 0. The van der Waals surface area contributed by atoms with Crippen molar-refractivity contribution in [1.29, 1.82) is 0 Å². The monoisotopic (exact) mass is 495 g/mol. The van der Waals surface area contributed by atoms with Crippen molar-refractivity contribution < 1.29 is 0 Å². The van der Waals surface area contributed by atoms with Gasteiger partial charge < -0.3 is 20.4 Å². The Morgan fingerprint density at radius 3 is 2.50 bits per heavy atom. The molecule has 5 nitrogen and oxygen atoms in total. The van der Waals surface area contributed by atoms with Crippen LogP contribution in [-0.2, 0) is 0 Å². The number of nitrogens with zero attached hydrogens (tertiary/aromatic N) is 3. The molecule has 0 spiro atoms. The second kappa shape index (κ2) is 10.2. The molecule has 3 fully saturated rings. The topological polar surface area (TPSA) is 42.9 Å². The van der Waals surface area contributed by atoms with Crippen LogP contribution in [0.15, 0.2) is 4.99 Å². The molecule has 0 saturated carbocycles. The Morgan fingerprint density at radius 2 is 1.96 bits per heavy atom. The standard InChI is InChI=1S/C19H37N5S.HI/c1-5-20-18(21-13-19(23(2)3)9-10-25-14-19)22-15-11-16-7-6-8-17(12-15)24(16)4;/h15-17H,5-14H2,1-4H3,(H2,20,21,22);1H. The lowest BCUT2D eigenvalue weighted by Gasteiger charge is -2.47. The smallest absolute Gasteiger partial charge is 0.191 e. The maximum atomic E-state index is 5.02. The fraction of sp³-hybridized carbons (Fsp3) is 0.947. The molecular formula is C19H38IN5S. The van der Waals surface area contributed by atoms with Crippen LogP contribution in [0.4, 0.5) is 0 Å². The molecule has 0 aromatic rings. The average Bonchev–Trinajstić information content (AvgIpc) is 3.04. The summed E-state index contributed by atoms with van der Waals surface area (Å²) in [6.07, 6.45) is 7.88. The molecule has 7 heteroatoms. The Kier molecular flexibility index (Phi) is 8.82. The zero-order chi connectivity index (χ0) is 17.9. The van der Waals surface area contributed by atoms with E-state index < -0.39 is 0 Å². The summed E-state index contributed by atoms with van der Waals surface area (Å²) in [5, 5.41) is 7.26. The molecule has 3 aliphatic heterocycles. The highest BCUT2D eigenvalue weighted by molar-refractivity contribution is 14.0. The Labute approximate surface area is 181 Å². The van der Waals surface area contributed by atoms with Gasteiger partial charge in [0.1, 0.15) is 0 Å². The molecule has 3 atom stereocenters. The lowest BCUT2D eigenvalue weighted by Crippen LogP contribution is -2.57. The van der Waals surface area contributed by atoms with Crippen molar-refractivity contribution in [2.24, 2.45) is 4.99 Å². The summed E-state index contributed by atoms with van der Waals surface area (Å²) >= 11 is 2.06. The minimum atomic E-state index is 0.